The number of ether oxygens (including phenoxy) is 1. The lowest BCUT2D eigenvalue weighted by molar-refractivity contribution is -0.128. The van der Waals surface area contributed by atoms with Crippen molar-refractivity contribution in [3.8, 4) is 18.1 Å². The zero-order chi connectivity index (χ0) is 14.8. The average molecular weight is 274 g/mol. The molecule has 0 bridgehead atoms. The van der Waals surface area contributed by atoms with Gasteiger partial charge in [-0.25, -0.2) is 0 Å². The number of carbonyl (C=O) groups is 1. The lowest BCUT2D eigenvalue weighted by Crippen LogP contribution is -2.23. The van der Waals surface area contributed by atoms with Crippen molar-refractivity contribution in [3.05, 3.63) is 29.8 Å². The molecule has 0 aliphatic carbocycles. The number of nitrogens with one attached hydrogen (secondary N) is 1. The summed E-state index contributed by atoms with van der Waals surface area (Å²) in [4.78, 5) is 13.0. The van der Waals surface area contributed by atoms with Crippen molar-refractivity contribution in [1.82, 2.24) is 10.2 Å². The van der Waals surface area contributed by atoms with Crippen LogP contribution in [0.3, 0.4) is 0 Å². The fourth-order valence-corrected chi connectivity index (χ4v) is 1.72. The SMILES string of the molecule is C#CCOc1ccccc1CNCCCC(=O)N(C)C. The fourth-order valence-electron chi connectivity index (χ4n) is 1.72. The number of hydrogen-bond donors (Lipinski definition) is 1. The van der Waals surface area contributed by atoms with Gasteiger partial charge in [-0.2, -0.15) is 0 Å². The summed E-state index contributed by atoms with van der Waals surface area (Å²) in [5, 5.41) is 3.31. The number of hydrogen-bond acceptors (Lipinski definition) is 3. The maximum absolute atomic E-state index is 11.4. The molecule has 0 unspecified atom stereocenters. The van der Waals surface area contributed by atoms with E-state index in [2.05, 4.69) is 11.2 Å². The maximum Gasteiger partial charge on any atom is 0.222 e. The quantitative estimate of drug-likeness (QED) is 0.579. The van der Waals surface area contributed by atoms with Crippen molar-refractivity contribution < 1.29 is 9.53 Å². The van der Waals surface area contributed by atoms with E-state index >= 15 is 0 Å². The van der Waals surface area contributed by atoms with Gasteiger partial charge in [0.1, 0.15) is 12.4 Å². The maximum atomic E-state index is 11.4. The summed E-state index contributed by atoms with van der Waals surface area (Å²) in [6, 6.07) is 7.80. The largest absolute Gasteiger partial charge is 0.481 e. The lowest BCUT2D eigenvalue weighted by atomic mass is 10.2. The van der Waals surface area contributed by atoms with E-state index in [1.54, 1.807) is 19.0 Å². The van der Waals surface area contributed by atoms with Crippen LogP contribution in [0.4, 0.5) is 0 Å². The van der Waals surface area contributed by atoms with Crippen molar-refractivity contribution in [1.29, 1.82) is 0 Å². The lowest BCUT2D eigenvalue weighted by Gasteiger charge is -2.12. The minimum Gasteiger partial charge on any atom is -0.481 e. The van der Waals surface area contributed by atoms with Crippen LogP contribution in [0.25, 0.3) is 0 Å². The highest BCUT2D eigenvalue weighted by Crippen LogP contribution is 2.17. The van der Waals surface area contributed by atoms with Crippen LogP contribution in [0.5, 0.6) is 5.75 Å². The van der Waals surface area contributed by atoms with Gasteiger partial charge in [0, 0.05) is 32.6 Å². The summed E-state index contributed by atoms with van der Waals surface area (Å²) in [6.07, 6.45) is 6.58. The monoisotopic (exact) mass is 274 g/mol. The third kappa shape index (κ3) is 5.77. The van der Waals surface area contributed by atoms with Crippen LogP contribution < -0.4 is 10.1 Å². The van der Waals surface area contributed by atoms with Crippen molar-refractivity contribution in [2.75, 3.05) is 27.2 Å². The molecule has 0 saturated carbocycles. The van der Waals surface area contributed by atoms with Crippen LogP contribution >= 0.6 is 0 Å². The molecule has 0 fully saturated rings. The third-order valence-corrected chi connectivity index (χ3v) is 2.84. The predicted octanol–water partition coefficient (Wildman–Crippen LogP) is 1.66. The molecular formula is C16H22N2O2. The Kier molecular flexibility index (Phi) is 7.23. The Morgan fingerprint density at radius 2 is 2.15 bits per heavy atom. The van der Waals surface area contributed by atoms with Crippen molar-refractivity contribution >= 4 is 5.91 Å². The highest BCUT2D eigenvalue weighted by molar-refractivity contribution is 5.75. The fraction of sp³-hybridized carbons (Fsp3) is 0.438. The number of carbonyl (C=O) groups excluding carboxylic acids is 1. The van der Waals surface area contributed by atoms with E-state index in [9.17, 15) is 4.79 Å². The summed E-state index contributed by atoms with van der Waals surface area (Å²) in [6.45, 7) is 1.77. The first kappa shape index (κ1) is 16.1. The second-order valence-corrected chi connectivity index (χ2v) is 4.67. The minimum absolute atomic E-state index is 0.157. The minimum atomic E-state index is 0.157. The Labute approximate surface area is 121 Å². The number of rotatable bonds is 8. The van der Waals surface area contributed by atoms with Gasteiger partial charge in [0.05, 0.1) is 0 Å². The highest BCUT2D eigenvalue weighted by Gasteiger charge is 2.04. The zero-order valence-electron chi connectivity index (χ0n) is 12.2. The molecule has 0 spiro atoms. The van der Waals surface area contributed by atoms with Crippen molar-refractivity contribution in [2.24, 2.45) is 0 Å². The van der Waals surface area contributed by atoms with Crippen LogP contribution in [0.15, 0.2) is 24.3 Å². The average Bonchev–Trinajstić information content (AvgIpc) is 2.45. The Hall–Kier alpha value is -1.99. The van der Waals surface area contributed by atoms with Gasteiger partial charge in [-0.3, -0.25) is 4.79 Å². The van der Waals surface area contributed by atoms with Crippen LogP contribution in [-0.4, -0.2) is 38.1 Å². The van der Waals surface area contributed by atoms with E-state index in [4.69, 9.17) is 11.2 Å². The molecule has 4 heteroatoms. The molecule has 4 nitrogen and oxygen atoms in total. The van der Waals surface area contributed by atoms with Gasteiger partial charge in [-0.1, -0.05) is 24.1 Å². The Balaban J connectivity index is 2.31. The van der Waals surface area contributed by atoms with E-state index in [1.165, 1.54) is 0 Å². The Bertz CT molecular complexity index is 464. The molecule has 0 atom stereocenters. The topological polar surface area (TPSA) is 41.6 Å². The molecule has 1 N–H and O–H groups in total. The van der Waals surface area contributed by atoms with E-state index in [1.807, 2.05) is 24.3 Å². The van der Waals surface area contributed by atoms with Gasteiger partial charge in [0.15, 0.2) is 0 Å². The smallest absolute Gasteiger partial charge is 0.222 e. The first-order valence-electron chi connectivity index (χ1n) is 6.70. The molecule has 1 rings (SSSR count). The Morgan fingerprint density at radius 3 is 2.85 bits per heavy atom. The molecule has 0 saturated heterocycles. The number of terminal acetylenes is 1. The van der Waals surface area contributed by atoms with Gasteiger partial charge in [-0.05, 0) is 19.0 Å². The molecule has 1 amide bonds. The summed E-state index contributed by atoms with van der Waals surface area (Å²) >= 11 is 0. The van der Waals surface area contributed by atoms with E-state index in [0.29, 0.717) is 13.0 Å². The predicted molar refractivity (Wildman–Crippen MR) is 80.4 cm³/mol. The molecule has 1 aromatic carbocycles. The van der Waals surface area contributed by atoms with E-state index in [0.717, 1.165) is 24.3 Å². The van der Waals surface area contributed by atoms with Gasteiger partial charge in [-0.15, -0.1) is 6.42 Å². The number of para-hydroxylation sites is 1. The molecule has 0 heterocycles. The highest BCUT2D eigenvalue weighted by atomic mass is 16.5. The van der Waals surface area contributed by atoms with Gasteiger partial charge >= 0.3 is 0 Å². The number of nitrogens with zero attached hydrogens (tertiary/aromatic N) is 1. The third-order valence-electron chi connectivity index (χ3n) is 2.84. The second-order valence-electron chi connectivity index (χ2n) is 4.67. The summed E-state index contributed by atoms with van der Waals surface area (Å²) in [5.41, 5.74) is 1.07. The first-order chi connectivity index (χ1) is 9.65. The van der Waals surface area contributed by atoms with Gasteiger partial charge in [0.2, 0.25) is 5.91 Å². The zero-order valence-corrected chi connectivity index (χ0v) is 12.2. The molecule has 108 valence electrons. The molecule has 1 aromatic rings. The van der Waals surface area contributed by atoms with Crippen LogP contribution in [0, 0.1) is 12.3 Å². The Morgan fingerprint density at radius 1 is 1.40 bits per heavy atom. The molecule has 0 aromatic heterocycles. The van der Waals surface area contributed by atoms with Crippen LogP contribution in [-0.2, 0) is 11.3 Å². The molecular weight excluding hydrogens is 252 g/mol. The van der Waals surface area contributed by atoms with Gasteiger partial charge < -0.3 is 15.0 Å². The van der Waals surface area contributed by atoms with E-state index in [-0.39, 0.29) is 12.5 Å². The summed E-state index contributed by atoms with van der Waals surface area (Å²) in [5.74, 6) is 3.42. The van der Waals surface area contributed by atoms with Crippen molar-refractivity contribution in [2.45, 2.75) is 19.4 Å². The normalized spacial score (nSPS) is 9.85. The molecule has 0 aliphatic heterocycles. The summed E-state index contributed by atoms with van der Waals surface area (Å²) < 4.78 is 5.48. The molecule has 0 radical (unpaired) electrons. The molecule has 20 heavy (non-hydrogen) atoms. The summed E-state index contributed by atoms with van der Waals surface area (Å²) in [7, 11) is 3.55. The standard InChI is InChI=1S/C16H22N2O2/c1-4-12-20-15-9-6-5-8-14(15)13-17-11-7-10-16(19)18(2)3/h1,5-6,8-9,17H,7,10-13H2,2-3H3. The van der Waals surface area contributed by atoms with Crippen molar-refractivity contribution in [3.63, 3.8) is 0 Å². The first-order valence-corrected chi connectivity index (χ1v) is 6.70. The van der Waals surface area contributed by atoms with Crippen LogP contribution in [0.2, 0.25) is 0 Å². The van der Waals surface area contributed by atoms with Crippen LogP contribution in [0.1, 0.15) is 18.4 Å². The van der Waals surface area contributed by atoms with E-state index < -0.39 is 0 Å². The number of amides is 1. The second kappa shape index (κ2) is 9.00. The van der Waals surface area contributed by atoms with Gasteiger partial charge in [0.25, 0.3) is 0 Å². The molecule has 0 aliphatic rings. The number of benzene rings is 1.